The molecule has 1 aromatic carbocycles. The van der Waals surface area contributed by atoms with Gasteiger partial charge in [0.05, 0.1) is 35.1 Å². The Labute approximate surface area is 236 Å². The summed E-state index contributed by atoms with van der Waals surface area (Å²) in [6.07, 6.45) is 6.26. The maximum absolute atomic E-state index is 6.34. The van der Waals surface area contributed by atoms with Crippen molar-refractivity contribution in [2.24, 2.45) is 13.0 Å². The third-order valence-corrected chi connectivity index (χ3v) is 7.85. The van der Waals surface area contributed by atoms with E-state index in [1.54, 1.807) is 4.68 Å². The first-order valence-electron chi connectivity index (χ1n) is 14.3. The molecule has 2 atom stereocenters. The molecule has 2 unspecified atom stereocenters. The topological polar surface area (TPSA) is 85.1 Å². The SMILES string of the molecule is C=C1Nc2nc3cc(NC(C)CN(C)C)ccc3n2C(C2CC2)CCCOc2c(cnn2C)-c2cc1cc(C)n2. The summed E-state index contributed by atoms with van der Waals surface area (Å²) in [5.41, 5.74) is 7.59. The lowest BCUT2D eigenvalue weighted by Crippen LogP contribution is -2.29. The highest BCUT2D eigenvalue weighted by Gasteiger charge is 2.35. The molecule has 1 aliphatic heterocycles. The summed E-state index contributed by atoms with van der Waals surface area (Å²) < 4.78 is 10.6. The van der Waals surface area contributed by atoms with E-state index >= 15 is 0 Å². The number of pyridine rings is 1. The first-order valence-corrected chi connectivity index (χ1v) is 14.3. The number of ether oxygens (including phenoxy) is 1. The minimum absolute atomic E-state index is 0.323. The molecular weight excluding hydrogens is 500 g/mol. The van der Waals surface area contributed by atoms with Crippen molar-refractivity contribution in [3.63, 3.8) is 0 Å². The van der Waals surface area contributed by atoms with E-state index in [1.165, 1.54) is 12.8 Å². The second-order valence-electron chi connectivity index (χ2n) is 11.7. The summed E-state index contributed by atoms with van der Waals surface area (Å²) in [7, 11) is 6.11. The van der Waals surface area contributed by atoms with E-state index < -0.39 is 0 Å². The van der Waals surface area contributed by atoms with Crippen molar-refractivity contribution in [3.8, 4) is 17.1 Å². The van der Waals surface area contributed by atoms with Crippen LogP contribution in [0.5, 0.6) is 5.88 Å². The summed E-state index contributed by atoms with van der Waals surface area (Å²) in [5, 5.41) is 11.7. The van der Waals surface area contributed by atoms with Gasteiger partial charge in [-0.25, -0.2) is 9.67 Å². The summed E-state index contributed by atoms with van der Waals surface area (Å²) in [6, 6.07) is 11.3. The largest absolute Gasteiger partial charge is 0.477 e. The minimum Gasteiger partial charge on any atom is -0.477 e. The Morgan fingerprint density at radius 2 is 2.00 bits per heavy atom. The molecule has 1 fully saturated rings. The van der Waals surface area contributed by atoms with Crippen molar-refractivity contribution >= 4 is 28.4 Å². The van der Waals surface area contributed by atoms with Crippen LogP contribution in [0.25, 0.3) is 28.0 Å². The molecule has 0 spiro atoms. The second kappa shape index (κ2) is 10.6. The summed E-state index contributed by atoms with van der Waals surface area (Å²) in [6.45, 7) is 10.2. The van der Waals surface area contributed by atoms with Crippen LogP contribution < -0.4 is 15.4 Å². The van der Waals surface area contributed by atoms with Crippen molar-refractivity contribution in [2.75, 3.05) is 37.9 Å². The third-order valence-electron chi connectivity index (χ3n) is 7.85. The summed E-state index contributed by atoms with van der Waals surface area (Å²) >= 11 is 0. The van der Waals surface area contributed by atoms with Gasteiger partial charge in [0.15, 0.2) is 0 Å². The van der Waals surface area contributed by atoms with Gasteiger partial charge in [-0.15, -0.1) is 0 Å². The van der Waals surface area contributed by atoms with Crippen LogP contribution in [0.1, 0.15) is 49.9 Å². The molecule has 4 heterocycles. The zero-order valence-electron chi connectivity index (χ0n) is 24.2. The zero-order valence-corrected chi connectivity index (χ0v) is 24.2. The lowest BCUT2D eigenvalue weighted by atomic mass is 10.1. The van der Waals surface area contributed by atoms with Gasteiger partial charge >= 0.3 is 0 Å². The number of rotatable bonds is 5. The molecule has 9 nitrogen and oxygen atoms in total. The predicted molar refractivity (Wildman–Crippen MR) is 162 cm³/mol. The average Bonchev–Trinajstić information content (AvgIpc) is 3.58. The van der Waals surface area contributed by atoms with E-state index in [4.69, 9.17) is 14.7 Å². The van der Waals surface area contributed by atoms with Gasteiger partial charge in [-0.2, -0.15) is 5.10 Å². The Morgan fingerprint density at radius 3 is 2.77 bits per heavy atom. The normalized spacial score (nSPS) is 18.4. The fourth-order valence-electron chi connectivity index (χ4n) is 5.97. The Kier molecular flexibility index (Phi) is 7.00. The Hall–Kier alpha value is -3.85. The summed E-state index contributed by atoms with van der Waals surface area (Å²) in [4.78, 5) is 12.1. The highest BCUT2D eigenvalue weighted by molar-refractivity contribution is 5.85. The standard InChI is InChI=1S/C31H40N8O/c1-19-14-23-15-26(34-19)25-17-32-38(6)30(25)40-13-7-8-28(22-9-10-22)39-29-12-11-24(33-20(2)18-37(4)5)16-27(29)36-31(39)35-21(23)3/h11-12,14-17,20,22,28,33H,3,7-10,13,18H2,1-2,4-6H3,(H,35,36). The summed E-state index contributed by atoms with van der Waals surface area (Å²) in [5.74, 6) is 2.23. The second-order valence-corrected chi connectivity index (χ2v) is 11.7. The zero-order chi connectivity index (χ0) is 28.0. The number of hydrogen-bond acceptors (Lipinski definition) is 7. The van der Waals surface area contributed by atoms with Crippen molar-refractivity contribution < 1.29 is 4.74 Å². The van der Waals surface area contributed by atoms with Gasteiger partial charge in [-0.3, -0.25) is 4.98 Å². The van der Waals surface area contributed by atoms with Crippen molar-refractivity contribution in [1.82, 2.24) is 29.2 Å². The molecule has 210 valence electrons. The van der Waals surface area contributed by atoms with Crippen molar-refractivity contribution in [3.05, 3.63) is 54.4 Å². The number of aryl methyl sites for hydroxylation is 2. The quantitative estimate of drug-likeness (QED) is 0.335. The highest BCUT2D eigenvalue weighted by Crippen LogP contribution is 2.45. The lowest BCUT2D eigenvalue weighted by molar-refractivity contribution is 0.267. The smallest absolute Gasteiger partial charge is 0.221 e. The third kappa shape index (κ3) is 5.30. The molecule has 0 amide bonds. The fourth-order valence-corrected chi connectivity index (χ4v) is 5.97. The molecule has 1 aliphatic carbocycles. The Bertz CT molecular complexity index is 1550. The number of nitrogens with zero attached hydrogens (tertiary/aromatic N) is 6. The maximum atomic E-state index is 6.34. The number of fused-ring (bicyclic) bond motifs is 7. The highest BCUT2D eigenvalue weighted by atomic mass is 16.5. The lowest BCUT2D eigenvalue weighted by Gasteiger charge is -2.23. The van der Waals surface area contributed by atoms with Crippen LogP contribution >= 0.6 is 0 Å². The molecule has 6 rings (SSSR count). The van der Waals surface area contributed by atoms with Gasteiger partial charge in [0, 0.05) is 48.3 Å². The molecule has 40 heavy (non-hydrogen) atoms. The Balaban J connectivity index is 1.42. The number of likely N-dealkylation sites (N-methyl/N-ethyl adjacent to an activating group) is 1. The molecule has 1 saturated carbocycles. The molecule has 3 aromatic heterocycles. The number of nitrogens with one attached hydrogen (secondary N) is 2. The van der Waals surface area contributed by atoms with E-state index in [9.17, 15) is 0 Å². The molecule has 9 heteroatoms. The molecule has 2 aliphatic rings. The van der Waals surface area contributed by atoms with E-state index in [1.807, 2.05) is 20.2 Å². The van der Waals surface area contributed by atoms with Crippen LogP contribution in [0.4, 0.5) is 11.6 Å². The van der Waals surface area contributed by atoms with Crippen LogP contribution in [0.15, 0.2) is 43.1 Å². The van der Waals surface area contributed by atoms with Crippen LogP contribution in [0, 0.1) is 12.8 Å². The van der Waals surface area contributed by atoms with Crippen molar-refractivity contribution in [2.45, 2.75) is 51.6 Å². The minimum atomic E-state index is 0.323. The first kappa shape index (κ1) is 26.4. The number of benzene rings is 1. The van der Waals surface area contributed by atoms with E-state index in [-0.39, 0.29) is 0 Å². The molecule has 0 saturated heterocycles. The number of imidazole rings is 1. The maximum Gasteiger partial charge on any atom is 0.221 e. The fraction of sp³-hybridized carbons (Fsp3) is 0.452. The van der Waals surface area contributed by atoms with Crippen LogP contribution in [0.3, 0.4) is 0 Å². The molecule has 0 radical (unpaired) electrons. The number of anilines is 2. The van der Waals surface area contributed by atoms with E-state index in [0.717, 1.165) is 76.1 Å². The molecule has 2 bridgehead atoms. The number of aromatic nitrogens is 5. The van der Waals surface area contributed by atoms with E-state index in [2.05, 4.69) is 83.1 Å². The Morgan fingerprint density at radius 1 is 1.18 bits per heavy atom. The predicted octanol–water partition coefficient (Wildman–Crippen LogP) is 5.71. The molecular formula is C31H40N8O. The average molecular weight is 541 g/mol. The van der Waals surface area contributed by atoms with Gasteiger partial charge < -0.3 is 24.8 Å². The van der Waals surface area contributed by atoms with Gasteiger partial charge in [0.25, 0.3) is 0 Å². The van der Waals surface area contributed by atoms with Crippen LogP contribution in [-0.2, 0) is 7.05 Å². The van der Waals surface area contributed by atoms with Crippen LogP contribution in [-0.4, -0.2) is 62.5 Å². The van der Waals surface area contributed by atoms with Crippen LogP contribution in [0.2, 0.25) is 0 Å². The molecule has 2 N–H and O–H groups in total. The van der Waals surface area contributed by atoms with Gasteiger partial charge in [-0.05, 0) is 89.9 Å². The van der Waals surface area contributed by atoms with Gasteiger partial charge in [-0.1, -0.05) is 6.58 Å². The van der Waals surface area contributed by atoms with Gasteiger partial charge in [0.2, 0.25) is 11.8 Å². The van der Waals surface area contributed by atoms with Gasteiger partial charge in [0.1, 0.15) is 0 Å². The van der Waals surface area contributed by atoms with Crippen molar-refractivity contribution in [1.29, 1.82) is 0 Å². The molecule has 4 aromatic rings. The monoisotopic (exact) mass is 540 g/mol. The van der Waals surface area contributed by atoms with E-state index in [0.29, 0.717) is 24.6 Å². The first-order chi connectivity index (χ1) is 19.3. The number of hydrogen-bond donors (Lipinski definition) is 2.